The number of rotatable bonds is 8. The maximum absolute atomic E-state index is 5.87. The summed E-state index contributed by atoms with van der Waals surface area (Å²) in [4.78, 5) is 0. The number of ether oxygens (including phenoxy) is 2. The molecule has 21 heavy (non-hydrogen) atoms. The van der Waals surface area contributed by atoms with Crippen LogP contribution >= 0.6 is 0 Å². The molecule has 4 aliphatic rings. The summed E-state index contributed by atoms with van der Waals surface area (Å²) in [7, 11) is 0. The van der Waals surface area contributed by atoms with Gasteiger partial charge in [-0.05, 0) is 67.6 Å². The Morgan fingerprint density at radius 1 is 0.667 bits per heavy atom. The molecule has 2 saturated carbocycles. The highest BCUT2D eigenvalue weighted by molar-refractivity contribution is 5.10. The molecular formula is C19H28O2. The zero-order chi connectivity index (χ0) is 14.1. The third kappa shape index (κ3) is 3.12. The van der Waals surface area contributed by atoms with E-state index in [2.05, 4.69) is 24.3 Å². The van der Waals surface area contributed by atoms with Crippen LogP contribution in [0, 0.1) is 35.5 Å². The van der Waals surface area contributed by atoms with Crippen LogP contribution in [0.3, 0.4) is 0 Å². The van der Waals surface area contributed by atoms with Crippen LogP contribution in [0.15, 0.2) is 24.3 Å². The Bertz CT molecular complexity index is 376. The van der Waals surface area contributed by atoms with Crippen molar-refractivity contribution in [2.24, 2.45) is 35.5 Å². The molecule has 116 valence electrons. The van der Waals surface area contributed by atoms with E-state index in [1.165, 1.54) is 25.7 Å². The predicted octanol–water partition coefficient (Wildman–Crippen LogP) is 3.83. The summed E-state index contributed by atoms with van der Waals surface area (Å²) in [5.74, 6) is 4.95. The number of hydrogen-bond donors (Lipinski definition) is 0. The summed E-state index contributed by atoms with van der Waals surface area (Å²) in [6.07, 6.45) is 16.2. The van der Waals surface area contributed by atoms with Gasteiger partial charge in [-0.1, -0.05) is 24.3 Å². The minimum absolute atomic E-state index is 0.793. The van der Waals surface area contributed by atoms with Crippen LogP contribution in [0.2, 0.25) is 0 Å². The Morgan fingerprint density at radius 3 is 1.57 bits per heavy atom. The van der Waals surface area contributed by atoms with E-state index in [1.807, 2.05) is 0 Å². The van der Waals surface area contributed by atoms with Gasteiger partial charge in [-0.25, -0.2) is 0 Å². The summed E-state index contributed by atoms with van der Waals surface area (Å²) in [5, 5.41) is 0. The van der Waals surface area contributed by atoms with Gasteiger partial charge in [-0.15, -0.1) is 0 Å². The normalized spacial score (nSPS) is 42.5. The first-order chi connectivity index (χ1) is 10.4. The molecule has 0 radical (unpaired) electrons. The SMILES string of the molecule is C1=CC2CC1CC2COCCCOCC1C[C@H]2C=CC1C2. The Morgan fingerprint density at radius 2 is 1.19 bits per heavy atom. The van der Waals surface area contributed by atoms with Crippen LogP contribution in [0.1, 0.15) is 32.1 Å². The molecule has 0 amide bonds. The molecule has 2 nitrogen and oxygen atoms in total. The van der Waals surface area contributed by atoms with Crippen molar-refractivity contribution in [3.63, 3.8) is 0 Å². The second-order valence-corrected chi connectivity index (χ2v) is 7.58. The molecule has 0 aromatic heterocycles. The highest BCUT2D eigenvalue weighted by Gasteiger charge is 2.36. The molecule has 0 heterocycles. The van der Waals surface area contributed by atoms with Gasteiger partial charge in [0.25, 0.3) is 0 Å². The van der Waals surface area contributed by atoms with E-state index in [0.29, 0.717) is 0 Å². The lowest BCUT2D eigenvalue weighted by molar-refractivity contribution is 0.0481. The summed E-state index contributed by atoms with van der Waals surface area (Å²) >= 11 is 0. The second-order valence-electron chi connectivity index (χ2n) is 7.58. The van der Waals surface area contributed by atoms with Crippen LogP contribution in [-0.4, -0.2) is 26.4 Å². The zero-order valence-electron chi connectivity index (χ0n) is 13.0. The monoisotopic (exact) mass is 288 g/mol. The summed E-state index contributed by atoms with van der Waals surface area (Å²) < 4.78 is 11.7. The fourth-order valence-corrected chi connectivity index (χ4v) is 4.90. The summed E-state index contributed by atoms with van der Waals surface area (Å²) in [5.41, 5.74) is 0. The predicted molar refractivity (Wildman–Crippen MR) is 83.9 cm³/mol. The molecule has 2 fully saturated rings. The molecule has 5 unspecified atom stereocenters. The van der Waals surface area contributed by atoms with Gasteiger partial charge in [-0.3, -0.25) is 0 Å². The summed E-state index contributed by atoms with van der Waals surface area (Å²) in [6.45, 7) is 3.66. The molecule has 0 aliphatic heterocycles. The third-order valence-corrected chi connectivity index (χ3v) is 6.07. The molecule has 0 spiro atoms. The number of fused-ring (bicyclic) bond motifs is 4. The first-order valence-electron chi connectivity index (χ1n) is 8.90. The largest absolute Gasteiger partial charge is 0.381 e. The van der Waals surface area contributed by atoms with Crippen molar-refractivity contribution in [2.45, 2.75) is 32.1 Å². The molecule has 0 saturated heterocycles. The van der Waals surface area contributed by atoms with E-state index in [4.69, 9.17) is 9.47 Å². The van der Waals surface area contributed by atoms with Crippen molar-refractivity contribution in [3.05, 3.63) is 24.3 Å². The van der Waals surface area contributed by atoms with Gasteiger partial charge in [0.05, 0.1) is 0 Å². The maximum Gasteiger partial charge on any atom is 0.0500 e. The van der Waals surface area contributed by atoms with Crippen LogP contribution < -0.4 is 0 Å². The van der Waals surface area contributed by atoms with E-state index in [0.717, 1.165) is 68.4 Å². The standard InChI is InChI=1S/C19H28O2/c1(6-20-12-18-10-14-2-4-16(18)8-14)7-21-13-19-11-15-3-5-17(19)9-15/h2-5,14-19H,1,6-13H2/t14-,15?,16?,17?,18?,19?/m0/s1. The average molecular weight is 288 g/mol. The van der Waals surface area contributed by atoms with Gasteiger partial charge < -0.3 is 9.47 Å². The second kappa shape index (κ2) is 6.26. The molecule has 4 bridgehead atoms. The lowest BCUT2D eigenvalue weighted by Crippen LogP contribution is -2.17. The van der Waals surface area contributed by atoms with Crippen LogP contribution in [0.25, 0.3) is 0 Å². The molecule has 4 aliphatic carbocycles. The van der Waals surface area contributed by atoms with Crippen LogP contribution in [0.4, 0.5) is 0 Å². The lowest BCUT2D eigenvalue weighted by atomic mass is 9.95. The van der Waals surface area contributed by atoms with Gasteiger partial charge in [0.1, 0.15) is 0 Å². The maximum atomic E-state index is 5.87. The first-order valence-corrected chi connectivity index (χ1v) is 8.90. The molecule has 2 heteroatoms. The van der Waals surface area contributed by atoms with E-state index in [9.17, 15) is 0 Å². The zero-order valence-corrected chi connectivity index (χ0v) is 13.0. The molecule has 6 atom stereocenters. The average Bonchev–Trinajstić information content (AvgIpc) is 3.26. The van der Waals surface area contributed by atoms with Gasteiger partial charge in [0, 0.05) is 26.4 Å². The fraction of sp³-hybridized carbons (Fsp3) is 0.789. The number of allylic oxidation sites excluding steroid dienone is 4. The quantitative estimate of drug-likeness (QED) is 0.499. The minimum atomic E-state index is 0.793. The van der Waals surface area contributed by atoms with Crippen molar-refractivity contribution in [3.8, 4) is 0 Å². The van der Waals surface area contributed by atoms with Crippen molar-refractivity contribution in [2.75, 3.05) is 26.4 Å². The lowest BCUT2D eigenvalue weighted by Gasteiger charge is -2.19. The van der Waals surface area contributed by atoms with Crippen molar-refractivity contribution in [1.29, 1.82) is 0 Å². The van der Waals surface area contributed by atoms with E-state index >= 15 is 0 Å². The van der Waals surface area contributed by atoms with E-state index in [1.54, 1.807) is 0 Å². The minimum Gasteiger partial charge on any atom is -0.381 e. The molecule has 4 rings (SSSR count). The Kier molecular flexibility index (Phi) is 4.18. The molecule has 0 N–H and O–H groups in total. The first kappa shape index (κ1) is 14.0. The summed E-state index contributed by atoms with van der Waals surface area (Å²) in [6, 6.07) is 0. The van der Waals surface area contributed by atoms with Crippen molar-refractivity contribution >= 4 is 0 Å². The Labute approximate surface area is 128 Å². The number of hydrogen-bond acceptors (Lipinski definition) is 2. The third-order valence-electron chi connectivity index (χ3n) is 6.07. The van der Waals surface area contributed by atoms with Gasteiger partial charge in [0.2, 0.25) is 0 Å². The topological polar surface area (TPSA) is 18.5 Å². The smallest absolute Gasteiger partial charge is 0.0500 e. The van der Waals surface area contributed by atoms with Crippen molar-refractivity contribution in [1.82, 2.24) is 0 Å². The molecule has 0 aromatic rings. The van der Waals surface area contributed by atoms with Gasteiger partial charge in [0.15, 0.2) is 0 Å². The Hall–Kier alpha value is -0.600. The van der Waals surface area contributed by atoms with E-state index < -0.39 is 0 Å². The highest BCUT2D eigenvalue weighted by Crippen LogP contribution is 2.44. The Balaban J connectivity index is 1.03. The highest BCUT2D eigenvalue weighted by atomic mass is 16.5. The molecular weight excluding hydrogens is 260 g/mol. The van der Waals surface area contributed by atoms with Crippen molar-refractivity contribution < 1.29 is 9.47 Å². The van der Waals surface area contributed by atoms with Crippen LogP contribution in [0.5, 0.6) is 0 Å². The molecule has 0 aromatic carbocycles. The van der Waals surface area contributed by atoms with Gasteiger partial charge in [-0.2, -0.15) is 0 Å². The van der Waals surface area contributed by atoms with Crippen LogP contribution in [-0.2, 0) is 9.47 Å². The fourth-order valence-electron chi connectivity index (χ4n) is 4.90. The van der Waals surface area contributed by atoms with E-state index in [-0.39, 0.29) is 0 Å². The van der Waals surface area contributed by atoms with Gasteiger partial charge >= 0.3 is 0 Å².